The van der Waals surface area contributed by atoms with Crippen LogP contribution in [0.5, 0.6) is 0 Å². The van der Waals surface area contributed by atoms with Crippen molar-refractivity contribution >= 4 is 17.5 Å². The second-order valence-corrected chi connectivity index (χ2v) is 7.15. The van der Waals surface area contributed by atoms with Crippen LogP contribution in [0.25, 0.3) is 0 Å². The van der Waals surface area contributed by atoms with Gasteiger partial charge in [0, 0.05) is 24.7 Å². The summed E-state index contributed by atoms with van der Waals surface area (Å²) in [5.41, 5.74) is 2.32. The zero-order chi connectivity index (χ0) is 17.8. The number of amides is 2. The van der Waals surface area contributed by atoms with E-state index in [0.29, 0.717) is 0 Å². The Morgan fingerprint density at radius 3 is 2.64 bits per heavy atom. The molecular formula is C20H29N3O2. The quantitative estimate of drug-likeness (QED) is 0.892. The van der Waals surface area contributed by atoms with Crippen molar-refractivity contribution in [3.8, 4) is 0 Å². The van der Waals surface area contributed by atoms with Crippen LogP contribution in [0.2, 0.25) is 0 Å². The summed E-state index contributed by atoms with van der Waals surface area (Å²) in [5.74, 6) is 0.449. The third kappa shape index (κ3) is 3.87. The highest BCUT2D eigenvalue weighted by Gasteiger charge is 2.33. The molecule has 0 saturated carbocycles. The predicted molar refractivity (Wildman–Crippen MR) is 99.6 cm³/mol. The number of anilines is 1. The third-order valence-corrected chi connectivity index (χ3v) is 5.51. The Labute approximate surface area is 150 Å². The molecule has 136 valence electrons. The Hall–Kier alpha value is -1.88. The van der Waals surface area contributed by atoms with Crippen molar-refractivity contribution in [1.82, 2.24) is 10.2 Å². The molecule has 2 aliphatic heterocycles. The summed E-state index contributed by atoms with van der Waals surface area (Å²) in [6.07, 6.45) is 3.58. The van der Waals surface area contributed by atoms with E-state index in [1.165, 1.54) is 5.56 Å². The fourth-order valence-corrected chi connectivity index (χ4v) is 3.89. The molecule has 1 atom stereocenters. The maximum Gasteiger partial charge on any atom is 0.244 e. The summed E-state index contributed by atoms with van der Waals surface area (Å²) < 4.78 is 0. The molecule has 25 heavy (non-hydrogen) atoms. The SMILES string of the molecule is CCCNC(=O)C1CCN(C(C)C(=O)N2CCc3ccccc32)CC1. The first-order valence-electron chi connectivity index (χ1n) is 9.53. The maximum atomic E-state index is 13.0. The lowest BCUT2D eigenvalue weighted by Gasteiger charge is -2.36. The molecule has 0 bridgehead atoms. The number of para-hydroxylation sites is 1. The molecule has 2 heterocycles. The number of nitrogens with one attached hydrogen (secondary N) is 1. The Morgan fingerprint density at radius 2 is 1.92 bits per heavy atom. The van der Waals surface area contributed by atoms with Crippen LogP contribution in [0.1, 0.15) is 38.7 Å². The van der Waals surface area contributed by atoms with E-state index in [9.17, 15) is 9.59 Å². The second kappa shape index (κ2) is 8.00. The summed E-state index contributed by atoms with van der Waals surface area (Å²) in [6, 6.07) is 8.04. The lowest BCUT2D eigenvalue weighted by molar-refractivity contribution is -0.127. The van der Waals surface area contributed by atoms with Crippen LogP contribution in [0, 0.1) is 5.92 Å². The normalized spacial score (nSPS) is 19.5. The Kier molecular flexibility index (Phi) is 5.74. The van der Waals surface area contributed by atoms with Gasteiger partial charge < -0.3 is 10.2 Å². The number of piperidine rings is 1. The molecule has 5 heteroatoms. The lowest BCUT2D eigenvalue weighted by Crippen LogP contribution is -2.50. The van der Waals surface area contributed by atoms with Gasteiger partial charge in [-0.2, -0.15) is 0 Å². The second-order valence-electron chi connectivity index (χ2n) is 7.15. The predicted octanol–water partition coefficient (Wildman–Crippen LogP) is 2.20. The Balaban J connectivity index is 1.55. The molecule has 5 nitrogen and oxygen atoms in total. The van der Waals surface area contributed by atoms with Crippen molar-refractivity contribution in [2.45, 2.75) is 45.6 Å². The first-order chi connectivity index (χ1) is 12.1. The summed E-state index contributed by atoms with van der Waals surface area (Å²) in [6.45, 7) is 7.22. The number of hydrogen-bond donors (Lipinski definition) is 1. The molecule has 3 rings (SSSR count). The van der Waals surface area contributed by atoms with Crippen LogP contribution in [-0.2, 0) is 16.0 Å². The highest BCUT2D eigenvalue weighted by molar-refractivity contribution is 5.98. The van der Waals surface area contributed by atoms with Gasteiger partial charge in [0.25, 0.3) is 0 Å². The van der Waals surface area contributed by atoms with Crippen molar-refractivity contribution in [1.29, 1.82) is 0 Å². The van der Waals surface area contributed by atoms with Crippen molar-refractivity contribution in [2.75, 3.05) is 31.1 Å². The number of carbonyl (C=O) groups excluding carboxylic acids is 2. The molecule has 0 spiro atoms. The average Bonchev–Trinajstić information content (AvgIpc) is 3.09. The first kappa shape index (κ1) is 17.9. The highest BCUT2D eigenvalue weighted by Crippen LogP contribution is 2.29. The number of fused-ring (bicyclic) bond motifs is 1. The Morgan fingerprint density at radius 1 is 1.20 bits per heavy atom. The van der Waals surface area contributed by atoms with E-state index in [2.05, 4.69) is 23.2 Å². The molecule has 1 saturated heterocycles. The molecule has 0 aliphatic carbocycles. The minimum Gasteiger partial charge on any atom is -0.356 e. The van der Waals surface area contributed by atoms with Crippen LogP contribution >= 0.6 is 0 Å². The van der Waals surface area contributed by atoms with Gasteiger partial charge in [-0.15, -0.1) is 0 Å². The third-order valence-electron chi connectivity index (χ3n) is 5.51. The molecule has 0 aromatic heterocycles. The van der Waals surface area contributed by atoms with Gasteiger partial charge >= 0.3 is 0 Å². The van der Waals surface area contributed by atoms with Gasteiger partial charge in [0.15, 0.2) is 0 Å². The van der Waals surface area contributed by atoms with E-state index in [-0.39, 0.29) is 23.8 Å². The van der Waals surface area contributed by atoms with Gasteiger partial charge in [0.05, 0.1) is 6.04 Å². The van der Waals surface area contributed by atoms with Gasteiger partial charge in [0.2, 0.25) is 11.8 Å². The largest absolute Gasteiger partial charge is 0.356 e. The van der Waals surface area contributed by atoms with Gasteiger partial charge in [-0.05, 0) is 57.3 Å². The molecule has 2 amide bonds. The molecule has 1 aromatic rings. The number of benzene rings is 1. The van der Waals surface area contributed by atoms with Crippen LogP contribution < -0.4 is 10.2 Å². The zero-order valence-electron chi connectivity index (χ0n) is 15.3. The van der Waals surface area contributed by atoms with Crippen LogP contribution in [0.3, 0.4) is 0 Å². The molecular weight excluding hydrogens is 314 g/mol. The standard InChI is InChI=1S/C20H29N3O2/c1-3-11-21-19(24)17-8-12-22(13-9-17)15(2)20(25)23-14-10-16-6-4-5-7-18(16)23/h4-7,15,17H,3,8-14H2,1-2H3,(H,21,24). The maximum absolute atomic E-state index is 13.0. The van der Waals surface area contributed by atoms with Crippen LogP contribution in [-0.4, -0.2) is 48.9 Å². The number of nitrogens with zero attached hydrogens (tertiary/aromatic N) is 2. The van der Waals surface area contributed by atoms with Gasteiger partial charge in [-0.25, -0.2) is 0 Å². The minimum atomic E-state index is -0.134. The van der Waals surface area contributed by atoms with E-state index < -0.39 is 0 Å². The summed E-state index contributed by atoms with van der Waals surface area (Å²) in [4.78, 5) is 29.2. The highest BCUT2D eigenvalue weighted by atomic mass is 16.2. The molecule has 1 fully saturated rings. The van der Waals surface area contributed by atoms with Gasteiger partial charge in [-0.3, -0.25) is 14.5 Å². The zero-order valence-corrected chi connectivity index (χ0v) is 15.3. The minimum absolute atomic E-state index is 0.0950. The topological polar surface area (TPSA) is 52.7 Å². The van der Waals surface area contributed by atoms with Crippen molar-refractivity contribution in [3.63, 3.8) is 0 Å². The van der Waals surface area contributed by atoms with E-state index >= 15 is 0 Å². The van der Waals surface area contributed by atoms with Gasteiger partial charge in [0.1, 0.15) is 0 Å². The van der Waals surface area contributed by atoms with Crippen LogP contribution in [0.4, 0.5) is 5.69 Å². The number of likely N-dealkylation sites (tertiary alicyclic amines) is 1. The number of hydrogen-bond acceptors (Lipinski definition) is 3. The van der Waals surface area contributed by atoms with Crippen molar-refractivity contribution in [2.24, 2.45) is 5.92 Å². The first-order valence-corrected chi connectivity index (χ1v) is 9.53. The molecule has 2 aliphatic rings. The van der Waals surface area contributed by atoms with Crippen molar-refractivity contribution in [3.05, 3.63) is 29.8 Å². The molecule has 1 N–H and O–H groups in total. The molecule has 1 unspecified atom stereocenters. The van der Waals surface area contributed by atoms with Crippen LogP contribution in [0.15, 0.2) is 24.3 Å². The fraction of sp³-hybridized carbons (Fsp3) is 0.600. The van der Waals surface area contributed by atoms with E-state index in [0.717, 1.165) is 57.5 Å². The average molecular weight is 343 g/mol. The van der Waals surface area contributed by atoms with Gasteiger partial charge in [-0.1, -0.05) is 25.1 Å². The fourth-order valence-electron chi connectivity index (χ4n) is 3.89. The summed E-state index contributed by atoms with van der Waals surface area (Å²) in [7, 11) is 0. The summed E-state index contributed by atoms with van der Waals surface area (Å²) >= 11 is 0. The number of carbonyl (C=O) groups is 2. The summed E-state index contributed by atoms with van der Waals surface area (Å²) in [5, 5.41) is 2.99. The lowest BCUT2D eigenvalue weighted by atomic mass is 9.95. The smallest absolute Gasteiger partial charge is 0.244 e. The van der Waals surface area contributed by atoms with E-state index in [1.807, 2.05) is 30.0 Å². The Bertz CT molecular complexity index is 623. The number of rotatable bonds is 5. The molecule has 0 radical (unpaired) electrons. The molecule has 1 aromatic carbocycles. The van der Waals surface area contributed by atoms with Crippen molar-refractivity contribution < 1.29 is 9.59 Å². The van der Waals surface area contributed by atoms with E-state index in [1.54, 1.807) is 0 Å². The monoisotopic (exact) mass is 343 g/mol. The van der Waals surface area contributed by atoms with E-state index in [4.69, 9.17) is 0 Å².